The van der Waals surface area contributed by atoms with E-state index in [-0.39, 0.29) is 36.4 Å². The minimum absolute atomic E-state index is 0.0597. The molecule has 2 aliphatic rings. The van der Waals surface area contributed by atoms with Crippen molar-refractivity contribution in [3.05, 3.63) is 18.0 Å². The number of nitrogens with zero attached hydrogens (tertiary/aromatic N) is 4. The quantitative estimate of drug-likeness (QED) is 0.571. The topological polar surface area (TPSA) is 117 Å². The molecule has 29 heavy (non-hydrogen) atoms. The molecule has 2 saturated heterocycles. The highest BCUT2D eigenvalue weighted by atomic mass is 32.2. The fourth-order valence-electron chi connectivity index (χ4n) is 4.07. The van der Waals surface area contributed by atoms with Crippen molar-refractivity contribution < 1.29 is 18.0 Å². The summed E-state index contributed by atoms with van der Waals surface area (Å²) in [6.45, 7) is 5.35. The van der Waals surface area contributed by atoms with Crippen LogP contribution >= 0.6 is 0 Å². The first kappa shape index (κ1) is 21.7. The van der Waals surface area contributed by atoms with Gasteiger partial charge in [0.1, 0.15) is 6.04 Å². The summed E-state index contributed by atoms with van der Waals surface area (Å²) in [6, 6.07) is -0.843. The molecule has 3 heterocycles. The number of hydrogen-bond donors (Lipinski definition) is 2. The maximum atomic E-state index is 13.2. The lowest BCUT2D eigenvalue weighted by Crippen LogP contribution is -2.62. The summed E-state index contributed by atoms with van der Waals surface area (Å²) in [5.41, 5.74) is 0.984. The lowest BCUT2D eigenvalue weighted by Gasteiger charge is -2.42. The minimum Gasteiger partial charge on any atom is -0.354 e. The summed E-state index contributed by atoms with van der Waals surface area (Å²) in [4.78, 5) is 29.1. The molecule has 1 aromatic heterocycles. The van der Waals surface area contributed by atoms with E-state index < -0.39 is 16.1 Å². The smallest absolute Gasteiger partial charge is 0.242 e. The minimum atomic E-state index is -3.34. The Morgan fingerprint density at radius 1 is 1.34 bits per heavy atom. The van der Waals surface area contributed by atoms with Crippen LogP contribution in [0, 0.1) is 5.92 Å². The van der Waals surface area contributed by atoms with Crippen LogP contribution in [0.15, 0.2) is 12.4 Å². The van der Waals surface area contributed by atoms with E-state index in [2.05, 4.69) is 20.0 Å². The first-order valence-corrected chi connectivity index (χ1v) is 11.7. The molecule has 0 spiro atoms. The molecule has 2 N–H and O–H groups in total. The van der Waals surface area contributed by atoms with Crippen molar-refractivity contribution in [1.29, 1.82) is 0 Å². The molecule has 0 aliphatic carbocycles. The second-order valence-electron chi connectivity index (χ2n) is 8.33. The van der Waals surface area contributed by atoms with E-state index in [1.165, 1.54) is 0 Å². The van der Waals surface area contributed by atoms with E-state index in [0.717, 1.165) is 11.8 Å². The summed E-state index contributed by atoms with van der Waals surface area (Å²) in [5, 5.41) is 7.06. The fraction of sp³-hybridized carbons (Fsp3) is 0.722. The zero-order chi connectivity index (χ0) is 21.3. The number of fused-ring (bicyclic) bond motifs is 1. The maximum Gasteiger partial charge on any atom is 0.242 e. The van der Waals surface area contributed by atoms with Crippen LogP contribution < -0.4 is 10.0 Å². The standard InChI is InChI=1S/C18H30N6O4S/c1-12(2)17(25)19-7-16-18(26)24-10-14(21-29(4,27)28)5-15(24)11-23(16)9-13-6-20-22(3)8-13/h6,8,12,14-16,21H,5,7,9-11H2,1-4H3,(H,19,25)/t14-,15-,16-/m0/s1. The highest BCUT2D eigenvalue weighted by Gasteiger charge is 2.45. The molecule has 2 aliphatic heterocycles. The number of aryl methyl sites for hydroxylation is 1. The predicted octanol–water partition coefficient (Wildman–Crippen LogP) is -1.10. The Balaban J connectivity index is 1.76. The summed E-state index contributed by atoms with van der Waals surface area (Å²) in [7, 11) is -1.50. The Hall–Kier alpha value is -1.98. The highest BCUT2D eigenvalue weighted by Crippen LogP contribution is 2.27. The number of nitrogens with one attached hydrogen (secondary N) is 2. The number of amides is 2. The van der Waals surface area contributed by atoms with E-state index in [1.807, 2.05) is 27.1 Å². The van der Waals surface area contributed by atoms with Crippen LogP contribution in [0.3, 0.4) is 0 Å². The Labute approximate surface area is 171 Å². The maximum absolute atomic E-state index is 13.2. The fourth-order valence-corrected chi connectivity index (χ4v) is 4.85. The van der Waals surface area contributed by atoms with E-state index in [9.17, 15) is 18.0 Å². The van der Waals surface area contributed by atoms with Crippen LogP contribution in [0.2, 0.25) is 0 Å². The van der Waals surface area contributed by atoms with Gasteiger partial charge in [0.05, 0.1) is 12.5 Å². The second-order valence-corrected chi connectivity index (χ2v) is 10.1. The first-order valence-electron chi connectivity index (χ1n) is 9.80. The molecule has 0 radical (unpaired) electrons. The van der Waals surface area contributed by atoms with E-state index in [1.54, 1.807) is 15.8 Å². The second kappa shape index (κ2) is 8.41. The van der Waals surface area contributed by atoms with Gasteiger partial charge in [0, 0.05) is 63.0 Å². The van der Waals surface area contributed by atoms with Crippen molar-refractivity contribution in [2.24, 2.45) is 13.0 Å². The lowest BCUT2D eigenvalue weighted by molar-refractivity contribution is -0.144. The monoisotopic (exact) mass is 426 g/mol. The van der Waals surface area contributed by atoms with E-state index in [0.29, 0.717) is 26.1 Å². The van der Waals surface area contributed by atoms with Crippen LogP contribution in [0.5, 0.6) is 0 Å². The number of hydrogen-bond acceptors (Lipinski definition) is 6. The molecule has 3 atom stereocenters. The molecule has 0 saturated carbocycles. The van der Waals surface area contributed by atoms with Crippen molar-refractivity contribution >= 4 is 21.8 Å². The lowest BCUT2D eigenvalue weighted by atomic mass is 10.0. The molecular weight excluding hydrogens is 396 g/mol. The molecule has 0 bridgehead atoms. The van der Waals surface area contributed by atoms with Gasteiger partial charge in [0.15, 0.2) is 0 Å². The summed E-state index contributed by atoms with van der Waals surface area (Å²) in [6.07, 6.45) is 5.38. The number of carbonyl (C=O) groups is 2. The van der Waals surface area contributed by atoms with Gasteiger partial charge in [-0.05, 0) is 6.42 Å². The van der Waals surface area contributed by atoms with Crippen molar-refractivity contribution in [3.63, 3.8) is 0 Å². The average molecular weight is 427 g/mol. The summed E-state index contributed by atoms with van der Waals surface area (Å²) >= 11 is 0. The third-order valence-electron chi connectivity index (χ3n) is 5.39. The Kier molecular flexibility index (Phi) is 6.30. The van der Waals surface area contributed by atoms with Gasteiger partial charge in [-0.3, -0.25) is 19.2 Å². The zero-order valence-electron chi connectivity index (χ0n) is 17.3. The zero-order valence-corrected chi connectivity index (χ0v) is 18.1. The first-order chi connectivity index (χ1) is 13.5. The van der Waals surface area contributed by atoms with Crippen LogP contribution in [0.4, 0.5) is 0 Å². The van der Waals surface area contributed by atoms with Crippen molar-refractivity contribution in [3.8, 4) is 0 Å². The Bertz CT molecular complexity index is 867. The van der Waals surface area contributed by atoms with E-state index in [4.69, 9.17) is 0 Å². The summed E-state index contributed by atoms with van der Waals surface area (Å²) < 4.78 is 27.5. The van der Waals surface area contributed by atoms with E-state index >= 15 is 0 Å². The number of rotatable bonds is 7. The van der Waals surface area contributed by atoms with Gasteiger partial charge in [0.25, 0.3) is 0 Å². The Morgan fingerprint density at radius 3 is 2.66 bits per heavy atom. The number of sulfonamides is 1. The molecule has 10 nitrogen and oxygen atoms in total. The SMILES string of the molecule is CC(C)C(=O)NC[C@H]1C(=O)N2C[C@@H](NS(C)(=O)=O)C[C@H]2CN1Cc1cnn(C)c1. The molecule has 2 amide bonds. The molecule has 11 heteroatoms. The third kappa shape index (κ3) is 5.34. The number of piperazine rings is 1. The normalized spacial score (nSPS) is 25.5. The van der Waals surface area contributed by atoms with Crippen LogP contribution in [0.25, 0.3) is 0 Å². The van der Waals surface area contributed by atoms with Crippen molar-refractivity contribution in [2.75, 3.05) is 25.9 Å². The molecule has 0 aromatic carbocycles. The molecule has 162 valence electrons. The number of carbonyl (C=O) groups excluding carboxylic acids is 2. The van der Waals surface area contributed by atoms with Crippen molar-refractivity contribution in [1.82, 2.24) is 29.6 Å². The van der Waals surface area contributed by atoms with Gasteiger partial charge >= 0.3 is 0 Å². The van der Waals surface area contributed by atoms with Gasteiger partial charge in [-0.1, -0.05) is 13.8 Å². The van der Waals surface area contributed by atoms with Crippen LogP contribution in [-0.4, -0.2) is 83.8 Å². The highest BCUT2D eigenvalue weighted by molar-refractivity contribution is 7.88. The van der Waals surface area contributed by atoms with Crippen molar-refractivity contribution in [2.45, 2.75) is 44.9 Å². The molecule has 3 rings (SSSR count). The van der Waals surface area contributed by atoms with Crippen LogP contribution in [0.1, 0.15) is 25.8 Å². The number of aromatic nitrogens is 2. The molecular formula is C18H30N6O4S. The molecule has 2 fully saturated rings. The third-order valence-corrected chi connectivity index (χ3v) is 6.15. The Morgan fingerprint density at radius 2 is 2.07 bits per heavy atom. The van der Waals surface area contributed by atoms with Gasteiger partial charge < -0.3 is 10.2 Å². The average Bonchev–Trinajstić information content (AvgIpc) is 3.18. The van der Waals surface area contributed by atoms with Gasteiger partial charge in [-0.25, -0.2) is 13.1 Å². The predicted molar refractivity (Wildman–Crippen MR) is 107 cm³/mol. The van der Waals surface area contributed by atoms with Gasteiger partial charge in [-0.2, -0.15) is 5.10 Å². The van der Waals surface area contributed by atoms with Gasteiger partial charge in [0.2, 0.25) is 21.8 Å². The van der Waals surface area contributed by atoms with Crippen LogP contribution in [-0.2, 0) is 33.2 Å². The largest absolute Gasteiger partial charge is 0.354 e. The summed E-state index contributed by atoms with van der Waals surface area (Å²) in [5.74, 6) is -0.338. The molecule has 1 aromatic rings. The van der Waals surface area contributed by atoms with Gasteiger partial charge in [-0.15, -0.1) is 0 Å². The molecule has 0 unspecified atom stereocenters.